The first kappa shape index (κ1) is 22.6. The number of aryl methyl sites for hydroxylation is 2. The summed E-state index contributed by atoms with van der Waals surface area (Å²) in [4.78, 5) is 13.0. The van der Waals surface area contributed by atoms with Crippen LogP contribution in [-0.2, 0) is 14.8 Å². The van der Waals surface area contributed by atoms with E-state index in [-0.39, 0.29) is 22.9 Å². The molecule has 0 bridgehead atoms. The monoisotopic (exact) mass is 475 g/mol. The van der Waals surface area contributed by atoms with E-state index in [0.717, 1.165) is 5.56 Å². The number of carbonyl (C=O) groups is 1. The van der Waals surface area contributed by atoms with E-state index < -0.39 is 22.0 Å². The van der Waals surface area contributed by atoms with E-state index in [2.05, 4.69) is 46.7 Å². The summed E-state index contributed by atoms with van der Waals surface area (Å²) >= 11 is 1.25. The van der Waals surface area contributed by atoms with Crippen LogP contribution < -0.4 is 5.32 Å². The number of aromatic nitrogens is 3. The third kappa shape index (κ3) is 4.19. The maximum absolute atomic E-state index is 13.2. The van der Waals surface area contributed by atoms with Gasteiger partial charge in [0.05, 0.1) is 0 Å². The summed E-state index contributed by atoms with van der Waals surface area (Å²) in [7, 11) is -3.91. The van der Waals surface area contributed by atoms with Gasteiger partial charge < -0.3 is 4.52 Å². The molecule has 3 aromatic rings. The summed E-state index contributed by atoms with van der Waals surface area (Å²) < 4.78 is 32.6. The third-order valence-corrected chi connectivity index (χ3v) is 8.56. The van der Waals surface area contributed by atoms with Crippen LogP contribution in [0.1, 0.15) is 49.6 Å². The quantitative estimate of drug-likeness (QED) is 0.577. The zero-order chi connectivity index (χ0) is 23.0. The molecule has 0 spiro atoms. The molecule has 3 heterocycles. The van der Waals surface area contributed by atoms with Crippen LogP contribution in [0.5, 0.6) is 0 Å². The summed E-state index contributed by atoms with van der Waals surface area (Å²) in [5.41, 5.74) is 2.43. The fraction of sp³-hybridized carbons (Fsp3) is 0.429. The number of nitrogens with one attached hydrogen (secondary N) is 1. The van der Waals surface area contributed by atoms with Crippen LogP contribution in [-0.4, -0.2) is 46.6 Å². The lowest BCUT2D eigenvalue weighted by Crippen LogP contribution is -2.43. The van der Waals surface area contributed by atoms with Gasteiger partial charge in [0.2, 0.25) is 21.1 Å². The number of rotatable bonds is 6. The van der Waals surface area contributed by atoms with E-state index in [1.165, 1.54) is 21.2 Å². The molecule has 1 aliphatic rings. The van der Waals surface area contributed by atoms with Gasteiger partial charge in [0.25, 0.3) is 0 Å². The van der Waals surface area contributed by atoms with Crippen molar-refractivity contribution in [1.29, 1.82) is 0 Å². The number of hydrogen-bond acceptors (Lipinski definition) is 8. The number of sulfonamides is 1. The molecule has 1 amide bonds. The van der Waals surface area contributed by atoms with Crippen molar-refractivity contribution in [1.82, 2.24) is 19.7 Å². The van der Waals surface area contributed by atoms with Crippen molar-refractivity contribution in [3.8, 4) is 10.6 Å². The number of anilines is 1. The molecule has 32 heavy (non-hydrogen) atoms. The topological polar surface area (TPSA) is 118 Å². The minimum Gasteiger partial charge on any atom is -0.360 e. The van der Waals surface area contributed by atoms with Crippen molar-refractivity contribution in [2.24, 2.45) is 0 Å². The molecule has 0 aliphatic carbocycles. The Labute approximate surface area is 190 Å². The standard InChI is InChI=1S/C21H25N5O4S2/c1-12(2)15-7-9-16(10-8-15)20-23-24-21(31-20)22-19(27)17-6-5-11-26(17)32(28,29)18-13(3)25-30-14(18)4/h7-10,12,17H,5-6,11H2,1-4H3,(H,22,24,27)/t17-/m0/s1. The summed E-state index contributed by atoms with van der Waals surface area (Å²) in [6, 6.07) is 7.24. The van der Waals surface area contributed by atoms with Crippen LogP contribution in [0.2, 0.25) is 0 Å². The van der Waals surface area contributed by atoms with Crippen molar-refractivity contribution in [3.05, 3.63) is 41.3 Å². The predicted octanol–water partition coefficient (Wildman–Crippen LogP) is 3.73. The van der Waals surface area contributed by atoms with Crippen molar-refractivity contribution >= 4 is 32.4 Å². The van der Waals surface area contributed by atoms with Crippen molar-refractivity contribution < 1.29 is 17.7 Å². The molecule has 1 aromatic carbocycles. The van der Waals surface area contributed by atoms with Crippen LogP contribution in [0.15, 0.2) is 33.7 Å². The molecular weight excluding hydrogens is 450 g/mol. The first-order valence-electron chi connectivity index (χ1n) is 10.4. The Morgan fingerprint density at radius 3 is 2.56 bits per heavy atom. The van der Waals surface area contributed by atoms with Gasteiger partial charge in [-0.1, -0.05) is 54.6 Å². The lowest BCUT2D eigenvalue weighted by molar-refractivity contribution is -0.119. The van der Waals surface area contributed by atoms with Gasteiger partial charge in [-0.3, -0.25) is 10.1 Å². The molecule has 1 saturated heterocycles. The van der Waals surface area contributed by atoms with Crippen molar-refractivity contribution in [3.63, 3.8) is 0 Å². The average Bonchev–Trinajstić information content (AvgIpc) is 3.48. The molecule has 4 rings (SSSR count). The molecule has 0 radical (unpaired) electrons. The van der Waals surface area contributed by atoms with Gasteiger partial charge in [0.1, 0.15) is 21.6 Å². The molecule has 1 aliphatic heterocycles. The Morgan fingerprint density at radius 1 is 1.22 bits per heavy atom. The molecule has 1 fully saturated rings. The van der Waals surface area contributed by atoms with Crippen LogP contribution in [0, 0.1) is 13.8 Å². The second-order valence-electron chi connectivity index (χ2n) is 8.11. The van der Waals surface area contributed by atoms with E-state index in [1.807, 2.05) is 12.1 Å². The zero-order valence-electron chi connectivity index (χ0n) is 18.3. The Balaban J connectivity index is 1.50. The molecule has 11 heteroatoms. The van der Waals surface area contributed by atoms with Crippen LogP contribution in [0.25, 0.3) is 10.6 Å². The highest BCUT2D eigenvalue weighted by Gasteiger charge is 2.42. The van der Waals surface area contributed by atoms with Crippen LogP contribution >= 0.6 is 11.3 Å². The highest BCUT2D eigenvalue weighted by molar-refractivity contribution is 7.89. The Hall–Kier alpha value is -2.63. The van der Waals surface area contributed by atoms with Crippen molar-refractivity contribution in [2.45, 2.75) is 57.4 Å². The second kappa shape index (κ2) is 8.72. The smallest absolute Gasteiger partial charge is 0.249 e. The summed E-state index contributed by atoms with van der Waals surface area (Å²) in [5.74, 6) is 0.228. The molecule has 0 unspecified atom stereocenters. The predicted molar refractivity (Wildman–Crippen MR) is 121 cm³/mol. The number of nitrogens with zero attached hydrogens (tertiary/aromatic N) is 4. The van der Waals surface area contributed by atoms with Gasteiger partial charge in [0, 0.05) is 12.1 Å². The molecular formula is C21H25N5O4S2. The average molecular weight is 476 g/mol. The molecule has 2 aromatic heterocycles. The second-order valence-corrected chi connectivity index (χ2v) is 10.9. The fourth-order valence-electron chi connectivity index (χ4n) is 3.84. The number of hydrogen-bond donors (Lipinski definition) is 1. The molecule has 0 saturated carbocycles. The van der Waals surface area contributed by atoms with E-state index in [1.54, 1.807) is 13.8 Å². The van der Waals surface area contributed by atoms with Gasteiger partial charge in [-0.15, -0.1) is 10.2 Å². The van der Waals surface area contributed by atoms with E-state index in [0.29, 0.717) is 28.9 Å². The Morgan fingerprint density at radius 2 is 1.94 bits per heavy atom. The Bertz CT molecular complexity index is 1210. The zero-order valence-corrected chi connectivity index (χ0v) is 20.0. The van der Waals surface area contributed by atoms with Gasteiger partial charge in [0.15, 0.2) is 5.76 Å². The maximum Gasteiger partial charge on any atom is 0.249 e. The Kier molecular flexibility index (Phi) is 6.15. The van der Waals surface area contributed by atoms with E-state index >= 15 is 0 Å². The normalized spacial score (nSPS) is 17.2. The maximum atomic E-state index is 13.2. The molecule has 170 valence electrons. The summed E-state index contributed by atoms with van der Waals surface area (Å²) in [6.45, 7) is 7.64. The minimum atomic E-state index is -3.91. The first-order valence-corrected chi connectivity index (χ1v) is 12.6. The lowest BCUT2D eigenvalue weighted by atomic mass is 10.0. The fourth-order valence-corrected chi connectivity index (χ4v) is 6.54. The van der Waals surface area contributed by atoms with Crippen LogP contribution in [0.3, 0.4) is 0 Å². The van der Waals surface area contributed by atoms with E-state index in [9.17, 15) is 13.2 Å². The summed E-state index contributed by atoms with van der Waals surface area (Å²) in [5, 5.41) is 15.7. The first-order chi connectivity index (χ1) is 15.2. The highest BCUT2D eigenvalue weighted by Crippen LogP contribution is 2.32. The van der Waals surface area contributed by atoms with Gasteiger partial charge in [-0.2, -0.15) is 4.31 Å². The molecule has 1 N–H and O–H groups in total. The number of amides is 1. The van der Waals surface area contributed by atoms with E-state index in [4.69, 9.17) is 4.52 Å². The van der Waals surface area contributed by atoms with Crippen LogP contribution in [0.4, 0.5) is 5.13 Å². The number of benzene rings is 1. The molecule has 9 nitrogen and oxygen atoms in total. The largest absolute Gasteiger partial charge is 0.360 e. The van der Waals surface area contributed by atoms with Gasteiger partial charge in [-0.25, -0.2) is 8.42 Å². The van der Waals surface area contributed by atoms with Crippen molar-refractivity contribution in [2.75, 3.05) is 11.9 Å². The molecule has 1 atom stereocenters. The minimum absolute atomic E-state index is 0.0280. The SMILES string of the molecule is Cc1noc(C)c1S(=O)(=O)N1CCC[C@H]1C(=O)Nc1nnc(-c2ccc(C(C)C)cc2)s1. The van der Waals surface area contributed by atoms with Gasteiger partial charge >= 0.3 is 0 Å². The summed E-state index contributed by atoms with van der Waals surface area (Å²) in [6.07, 6.45) is 1.01. The third-order valence-electron chi connectivity index (χ3n) is 5.52. The number of carbonyl (C=O) groups excluding carboxylic acids is 1. The highest BCUT2D eigenvalue weighted by atomic mass is 32.2. The lowest BCUT2D eigenvalue weighted by Gasteiger charge is -2.22. The van der Waals surface area contributed by atoms with Gasteiger partial charge in [-0.05, 0) is 38.2 Å².